The molecule has 2 rings (SSSR count). The molecule has 2 aromatic rings. The van der Waals surface area contributed by atoms with Crippen molar-refractivity contribution in [3.8, 4) is 0 Å². The highest BCUT2D eigenvalue weighted by molar-refractivity contribution is 6.30. The lowest BCUT2D eigenvalue weighted by Crippen LogP contribution is -2.10. The molecular weight excluding hydrogens is 292 g/mol. The molecule has 0 aliphatic heterocycles. The van der Waals surface area contributed by atoms with Crippen molar-refractivity contribution in [2.24, 2.45) is 5.84 Å². The third kappa shape index (κ3) is 3.84. The Balaban J connectivity index is 2.26. The van der Waals surface area contributed by atoms with Gasteiger partial charge in [0.1, 0.15) is 0 Å². The van der Waals surface area contributed by atoms with E-state index in [1.54, 1.807) is 12.1 Å². The maximum absolute atomic E-state index is 10.9. The monoisotopic (exact) mass is 306 g/mol. The minimum absolute atomic E-state index is 0.0359. The molecule has 0 saturated carbocycles. The van der Waals surface area contributed by atoms with Crippen molar-refractivity contribution in [3.63, 3.8) is 0 Å². The summed E-state index contributed by atoms with van der Waals surface area (Å²) < 4.78 is 0. The Kier molecular flexibility index (Phi) is 4.62. The van der Waals surface area contributed by atoms with Gasteiger partial charge in [-0.15, -0.1) is 0 Å². The van der Waals surface area contributed by atoms with Crippen LogP contribution in [0.15, 0.2) is 42.5 Å². The second-order valence-electron chi connectivity index (χ2n) is 4.59. The lowest BCUT2D eigenvalue weighted by atomic mass is 10.1. The summed E-state index contributed by atoms with van der Waals surface area (Å²) in [4.78, 5) is 10.5. The van der Waals surface area contributed by atoms with E-state index in [1.165, 1.54) is 12.1 Å². The van der Waals surface area contributed by atoms with E-state index in [-0.39, 0.29) is 11.7 Å². The van der Waals surface area contributed by atoms with Crippen LogP contribution >= 0.6 is 11.6 Å². The van der Waals surface area contributed by atoms with Crippen molar-refractivity contribution in [2.45, 2.75) is 13.0 Å². The van der Waals surface area contributed by atoms with E-state index in [0.29, 0.717) is 16.4 Å². The molecule has 0 aliphatic rings. The van der Waals surface area contributed by atoms with E-state index < -0.39 is 4.92 Å². The molecule has 1 unspecified atom stereocenters. The van der Waals surface area contributed by atoms with E-state index in [0.717, 1.165) is 5.56 Å². The number of non-ortho nitro benzene ring substituents is 1. The van der Waals surface area contributed by atoms with Crippen molar-refractivity contribution < 1.29 is 4.92 Å². The molecule has 21 heavy (non-hydrogen) atoms. The maximum Gasteiger partial charge on any atom is 0.273 e. The molecule has 110 valence electrons. The fourth-order valence-corrected chi connectivity index (χ4v) is 2.19. The Morgan fingerprint density at radius 2 is 1.95 bits per heavy atom. The third-order valence-corrected chi connectivity index (χ3v) is 3.26. The number of nitrogens with zero attached hydrogens (tertiary/aromatic N) is 1. The zero-order valence-corrected chi connectivity index (χ0v) is 12.1. The van der Waals surface area contributed by atoms with Crippen LogP contribution in [-0.2, 0) is 0 Å². The highest BCUT2D eigenvalue weighted by Gasteiger charge is 2.12. The zero-order chi connectivity index (χ0) is 15.4. The van der Waals surface area contributed by atoms with E-state index in [4.69, 9.17) is 17.4 Å². The minimum atomic E-state index is -0.462. The van der Waals surface area contributed by atoms with Crippen LogP contribution in [0, 0.1) is 10.1 Å². The number of nitro groups is 1. The van der Waals surface area contributed by atoms with Crippen LogP contribution in [0.1, 0.15) is 18.5 Å². The van der Waals surface area contributed by atoms with Gasteiger partial charge in [-0.1, -0.05) is 23.7 Å². The molecule has 7 heteroatoms. The fourth-order valence-electron chi connectivity index (χ4n) is 1.99. The molecule has 1 atom stereocenters. The van der Waals surface area contributed by atoms with Crippen molar-refractivity contribution in [1.82, 2.24) is 0 Å². The van der Waals surface area contributed by atoms with Crippen LogP contribution in [0.5, 0.6) is 0 Å². The highest BCUT2D eigenvalue weighted by Crippen LogP contribution is 2.27. The first-order valence-electron chi connectivity index (χ1n) is 6.27. The number of halogens is 1. The van der Waals surface area contributed by atoms with Crippen LogP contribution in [0.25, 0.3) is 0 Å². The number of nitrogens with one attached hydrogen (secondary N) is 2. The lowest BCUT2D eigenvalue weighted by molar-refractivity contribution is -0.384. The molecule has 0 radical (unpaired) electrons. The van der Waals surface area contributed by atoms with Crippen LogP contribution in [0.4, 0.5) is 17.1 Å². The number of hydrogen-bond donors (Lipinski definition) is 3. The number of nitro benzene ring substituents is 1. The van der Waals surface area contributed by atoms with Crippen molar-refractivity contribution in [2.75, 3.05) is 10.7 Å². The van der Waals surface area contributed by atoms with Crippen molar-refractivity contribution >= 4 is 28.7 Å². The summed E-state index contributed by atoms with van der Waals surface area (Å²) in [6.45, 7) is 1.94. The molecule has 0 spiro atoms. The fraction of sp³-hybridized carbons (Fsp3) is 0.143. The lowest BCUT2D eigenvalue weighted by Gasteiger charge is -2.16. The average Bonchev–Trinajstić information content (AvgIpc) is 2.46. The summed E-state index contributed by atoms with van der Waals surface area (Å²) in [7, 11) is 0. The van der Waals surface area contributed by atoms with Gasteiger partial charge in [-0.05, 0) is 30.7 Å². The Morgan fingerprint density at radius 1 is 1.24 bits per heavy atom. The molecule has 0 heterocycles. The number of nitrogens with two attached hydrogens (primary N) is 1. The standard InChI is InChI=1S/C14H15ClN4O2/c1-9(10-3-2-4-11(15)5-10)17-12-6-13(18-16)8-14(7-12)19(20)21/h2-9,17-18H,16H2,1H3. The predicted molar refractivity (Wildman–Crippen MR) is 84.4 cm³/mol. The number of benzene rings is 2. The first-order chi connectivity index (χ1) is 9.99. The molecule has 0 fully saturated rings. The molecule has 4 N–H and O–H groups in total. The number of nitrogen functional groups attached to an aromatic ring is 1. The molecule has 6 nitrogen and oxygen atoms in total. The number of hydrogen-bond acceptors (Lipinski definition) is 5. The average molecular weight is 307 g/mol. The first kappa shape index (κ1) is 15.1. The van der Waals surface area contributed by atoms with Gasteiger partial charge in [0.15, 0.2) is 0 Å². The molecule has 0 amide bonds. The summed E-state index contributed by atoms with van der Waals surface area (Å²) in [5.41, 5.74) is 4.43. The molecule has 0 saturated heterocycles. The Labute approximate surface area is 127 Å². The summed E-state index contributed by atoms with van der Waals surface area (Å²) in [6, 6.07) is 11.9. The van der Waals surface area contributed by atoms with Gasteiger partial charge in [0.05, 0.1) is 10.6 Å². The normalized spacial score (nSPS) is 11.8. The van der Waals surface area contributed by atoms with Crippen molar-refractivity contribution in [1.29, 1.82) is 0 Å². The van der Waals surface area contributed by atoms with Crippen molar-refractivity contribution in [3.05, 3.63) is 63.2 Å². The predicted octanol–water partition coefficient (Wildman–Crippen LogP) is 3.71. The molecule has 0 aromatic heterocycles. The number of hydrazine groups is 1. The number of anilines is 2. The minimum Gasteiger partial charge on any atom is -0.378 e. The second kappa shape index (κ2) is 6.43. The Bertz CT molecular complexity index is 663. The summed E-state index contributed by atoms with van der Waals surface area (Å²) >= 11 is 5.96. The molecule has 0 aliphatic carbocycles. The highest BCUT2D eigenvalue weighted by atomic mass is 35.5. The molecule has 0 bridgehead atoms. The zero-order valence-electron chi connectivity index (χ0n) is 11.3. The third-order valence-electron chi connectivity index (χ3n) is 3.03. The molecular formula is C14H15ClN4O2. The van der Waals surface area contributed by atoms with Gasteiger partial charge in [0, 0.05) is 28.9 Å². The summed E-state index contributed by atoms with van der Waals surface area (Å²) in [6.07, 6.45) is 0. The van der Waals surface area contributed by atoms with Gasteiger partial charge in [0.25, 0.3) is 5.69 Å². The van der Waals surface area contributed by atoms with Crippen LogP contribution in [0.2, 0.25) is 5.02 Å². The second-order valence-corrected chi connectivity index (χ2v) is 5.03. The van der Waals surface area contributed by atoms with E-state index in [1.807, 2.05) is 25.1 Å². The van der Waals surface area contributed by atoms with Gasteiger partial charge < -0.3 is 10.7 Å². The van der Waals surface area contributed by atoms with Crippen LogP contribution in [0.3, 0.4) is 0 Å². The van der Waals surface area contributed by atoms with Crippen LogP contribution in [-0.4, -0.2) is 4.92 Å². The van der Waals surface area contributed by atoms with E-state index in [9.17, 15) is 10.1 Å². The van der Waals surface area contributed by atoms with Gasteiger partial charge in [-0.3, -0.25) is 16.0 Å². The number of rotatable bonds is 5. The quantitative estimate of drug-likeness (QED) is 0.445. The van der Waals surface area contributed by atoms with Gasteiger partial charge >= 0.3 is 0 Å². The Hall–Kier alpha value is -2.31. The largest absolute Gasteiger partial charge is 0.378 e. The van der Waals surface area contributed by atoms with Gasteiger partial charge in [-0.25, -0.2) is 0 Å². The van der Waals surface area contributed by atoms with E-state index in [2.05, 4.69) is 10.7 Å². The first-order valence-corrected chi connectivity index (χ1v) is 6.65. The SMILES string of the molecule is CC(Nc1cc(NN)cc([N+](=O)[O-])c1)c1cccc(Cl)c1. The Morgan fingerprint density at radius 3 is 2.57 bits per heavy atom. The van der Waals surface area contributed by atoms with Crippen LogP contribution < -0.4 is 16.6 Å². The molecule has 2 aromatic carbocycles. The maximum atomic E-state index is 10.9. The van der Waals surface area contributed by atoms with Gasteiger partial charge in [-0.2, -0.15) is 0 Å². The van der Waals surface area contributed by atoms with Gasteiger partial charge in [0.2, 0.25) is 0 Å². The summed E-state index contributed by atoms with van der Waals surface area (Å²) in [5.74, 6) is 5.33. The summed E-state index contributed by atoms with van der Waals surface area (Å²) in [5, 5.41) is 14.8. The topological polar surface area (TPSA) is 93.2 Å². The van der Waals surface area contributed by atoms with E-state index >= 15 is 0 Å². The smallest absolute Gasteiger partial charge is 0.273 e.